The second-order valence-electron chi connectivity index (χ2n) is 16.8. The van der Waals surface area contributed by atoms with Gasteiger partial charge in [-0.3, -0.25) is 9.59 Å². The average molecular weight is 1020 g/mol. The fraction of sp³-hybridized carbons (Fsp3) is 0.333. The number of sulfone groups is 1. The molecule has 8 heterocycles. The molecule has 7 N–H and O–H groups in total. The van der Waals surface area contributed by atoms with Crippen LogP contribution in [-0.2, 0) is 22.7 Å². The first-order chi connectivity index (χ1) is 34.3. The second kappa shape index (κ2) is 21.1. The Morgan fingerprint density at radius 2 is 1.14 bits per heavy atom. The quantitative estimate of drug-likeness (QED) is 0.128. The zero-order valence-corrected chi connectivity index (χ0v) is 39.4. The summed E-state index contributed by atoms with van der Waals surface area (Å²) in [5, 5.41) is 11.0. The number of piperidine rings is 2. The number of likely N-dealkylation sites (tertiary alicyclic amines) is 2. The molecule has 22 nitrogen and oxygen atoms in total. The Bertz CT molecular complexity index is 3260. The minimum atomic E-state index is -3.57. The molecular formula is C45H48F4N16O6S. The number of rotatable bonds is 11. The maximum absolute atomic E-state index is 13.6. The highest BCUT2D eigenvalue weighted by atomic mass is 32.2. The number of nitrogens with two attached hydrogens (primary N) is 3. The van der Waals surface area contributed by atoms with Crippen molar-refractivity contribution in [2.45, 2.75) is 55.5 Å². The average Bonchev–Trinajstić information content (AvgIpc) is 4.20. The summed E-state index contributed by atoms with van der Waals surface area (Å²) in [4.78, 5) is 51.5. The number of furan rings is 2. The molecule has 2 amide bonds. The molecule has 0 atom stereocenters. The van der Waals surface area contributed by atoms with E-state index in [9.17, 15) is 35.6 Å². The molecule has 378 valence electrons. The van der Waals surface area contributed by atoms with E-state index in [4.69, 9.17) is 26.0 Å². The number of halogens is 4. The van der Waals surface area contributed by atoms with Gasteiger partial charge in [-0.15, -0.1) is 10.2 Å². The van der Waals surface area contributed by atoms with Gasteiger partial charge in [-0.05, 0) is 91.9 Å². The van der Waals surface area contributed by atoms with Crippen molar-refractivity contribution in [3.05, 3.63) is 108 Å². The van der Waals surface area contributed by atoms with Gasteiger partial charge in [-0.2, -0.15) is 38.9 Å². The van der Waals surface area contributed by atoms with Crippen molar-refractivity contribution in [1.82, 2.24) is 58.9 Å². The zero-order chi connectivity index (χ0) is 51.2. The van der Waals surface area contributed by atoms with Crippen molar-refractivity contribution >= 4 is 51.1 Å². The number of hydrogen-bond donors (Lipinski definition) is 4. The molecular weight excluding hydrogens is 969 g/mol. The van der Waals surface area contributed by atoms with E-state index in [2.05, 4.69) is 45.4 Å². The monoisotopic (exact) mass is 1020 g/mol. The minimum absolute atomic E-state index is 0.0410. The third kappa shape index (κ3) is 12.3. The van der Waals surface area contributed by atoms with Crippen LogP contribution in [0.15, 0.2) is 99.3 Å². The van der Waals surface area contributed by atoms with Gasteiger partial charge in [0.15, 0.2) is 11.5 Å². The molecule has 2 aliphatic heterocycles. The van der Waals surface area contributed by atoms with Crippen LogP contribution in [0.3, 0.4) is 0 Å². The van der Waals surface area contributed by atoms with Gasteiger partial charge in [0.1, 0.15) is 0 Å². The number of nitrogens with one attached hydrogen (secondary N) is 1. The van der Waals surface area contributed by atoms with Crippen molar-refractivity contribution in [3.63, 3.8) is 0 Å². The van der Waals surface area contributed by atoms with Gasteiger partial charge >= 0.3 is 0 Å². The van der Waals surface area contributed by atoms with Gasteiger partial charge in [0.25, 0.3) is 40.4 Å². The third-order valence-electron chi connectivity index (χ3n) is 11.2. The van der Waals surface area contributed by atoms with Crippen LogP contribution in [0.5, 0.6) is 0 Å². The number of hydrogen-bond acceptors (Lipinski definition) is 18. The predicted octanol–water partition coefficient (Wildman–Crippen LogP) is 4.71. The SMILES string of the molecule is CS(=O)(=O)c1nc(N)n2nc(-c3ccco3)nc2n1.NCCc1ccc(C(=O)N2CCCC(F)(F)C2)cc1.Nc1nc(NCCc2ccc(C(=O)N3CCCC(F)(F)C3)cc2)nc2nc(-c3ccco3)nn12. The van der Waals surface area contributed by atoms with E-state index in [0.717, 1.165) is 28.3 Å². The summed E-state index contributed by atoms with van der Waals surface area (Å²) in [5.74, 6) is -4.10. The molecule has 10 rings (SSSR count). The highest BCUT2D eigenvalue weighted by Crippen LogP contribution is 2.29. The van der Waals surface area contributed by atoms with Crippen LogP contribution < -0.4 is 22.5 Å². The largest absolute Gasteiger partial charge is 0.461 e. The molecule has 0 bridgehead atoms. The molecule has 0 radical (unpaired) electrons. The van der Waals surface area contributed by atoms with Crippen LogP contribution in [0.1, 0.15) is 57.5 Å². The molecule has 6 aromatic heterocycles. The number of nitrogens with zero attached hydrogens (tertiary/aromatic N) is 12. The minimum Gasteiger partial charge on any atom is -0.461 e. The van der Waals surface area contributed by atoms with Gasteiger partial charge in [-0.1, -0.05) is 24.3 Å². The van der Waals surface area contributed by atoms with Gasteiger partial charge in [0, 0.05) is 49.9 Å². The lowest BCUT2D eigenvalue weighted by Gasteiger charge is -2.32. The van der Waals surface area contributed by atoms with E-state index in [0.29, 0.717) is 79.9 Å². The molecule has 2 aromatic carbocycles. The van der Waals surface area contributed by atoms with Gasteiger partial charge in [-0.25, -0.2) is 26.0 Å². The molecule has 27 heteroatoms. The highest BCUT2D eigenvalue weighted by molar-refractivity contribution is 7.90. The van der Waals surface area contributed by atoms with Crippen LogP contribution >= 0.6 is 0 Å². The third-order valence-corrected chi connectivity index (χ3v) is 12.0. The number of benzene rings is 2. The fourth-order valence-electron chi connectivity index (χ4n) is 7.61. The van der Waals surface area contributed by atoms with Crippen molar-refractivity contribution < 1.29 is 44.4 Å². The lowest BCUT2D eigenvalue weighted by Crippen LogP contribution is -2.45. The zero-order valence-electron chi connectivity index (χ0n) is 38.5. The summed E-state index contributed by atoms with van der Waals surface area (Å²) in [5.41, 5.74) is 19.9. The van der Waals surface area contributed by atoms with E-state index in [1.807, 2.05) is 24.3 Å². The van der Waals surface area contributed by atoms with E-state index in [1.165, 1.54) is 26.8 Å². The lowest BCUT2D eigenvalue weighted by molar-refractivity contribution is -0.0562. The maximum Gasteiger partial charge on any atom is 0.265 e. The van der Waals surface area contributed by atoms with Crippen LogP contribution in [0.25, 0.3) is 34.7 Å². The maximum atomic E-state index is 13.6. The molecule has 0 unspecified atom stereocenters. The van der Waals surface area contributed by atoms with Crippen molar-refractivity contribution in [3.8, 4) is 23.2 Å². The van der Waals surface area contributed by atoms with Gasteiger partial charge in [0.2, 0.25) is 39.3 Å². The van der Waals surface area contributed by atoms with Crippen molar-refractivity contribution in [2.75, 3.05) is 62.3 Å². The van der Waals surface area contributed by atoms with Gasteiger partial charge < -0.3 is 41.2 Å². The molecule has 0 aliphatic carbocycles. The van der Waals surface area contributed by atoms with Crippen molar-refractivity contribution in [1.29, 1.82) is 0 Å². The van der Waals surface area contributed by atoms with Crippen LogP contribution in [0.2, 0.25) is 0 Å². The number of amides is 2. The van der Waals surface area contributed by atoms with E-state index in [-0.39, 0.29) is 53.9 Å². The molecule has 72 heavy (non-hydrogen) atoms. The fourth-order valence-corrected chi connectivity index (χ4v) is 8.12. The number of anilines is 3. The Hall–Kier alpha value is -8.07. The lowest BCUT2D eigenvalue weighted by atomic mass is 10.0. The number of nitrogen functional groups attached to an aromatic ring is 2. The topological polar surface area (TPSA) is 303 Å². The summed E-state index contributed by atoms with van der Waals surface area (Å²) < 4.78 is 89.5. The van der Waals surface area contributed by atoms with Gasteiger partial charge in [0.05, 0.1) is 25.6 Å². The molecule has 2 fully saturated rings. The van der Waals surface area contributed by atoms with E-state index in [1.54, 1.807) is 48.5 Å². The Morgan fingerprint density at radius 3 is 1.58 bits per heavy atom. The number of carbonyl (C=O) groups is 2. The Labute approximate surface area is 407 Å². The molecule has 0 spiro atoms. The summed E-state index contributed by atoms with van der Waals surface area (Å²) in [6.45, 7) is 0.796. The number of aromatic nitrogens is 10. The normalized spacial score (nSPS) is 15.4. The summed E-state index contributed by atoms with van der Waals surface area (Å²) >= 11 is 0. The summed E-state index contributed by atoms with van der Waals surface area (Å²) in [6.07, 6.45) is 5.70. The van der Waals surface area contributed by atoms with Crippen LogP contribution in [0, 0.1) is 0 Å². The van der Waals surface area contributed by atoms with Crippen LogP contribution in [-0.4, -0.2) is 137 Å². The number of carbonyl (C=O) groups excluding carboxylic acids is 2. The number of alkyl halides is 4. The number of fused-ring (bicyclic) bond motifs is 2. The smallest absolute Gasteiger partial charge is 0.265 e. The first-order valence-electron chi connectivity index (χ1n) is 22.4. The van der Waals surface area contributed by atoms with Crippen molar-refractivity contribution in [2.24, 2.45) is 5.73 Å². The Morgan fingerprint density at radius 1 is 0.667 bits per heavy atom. The second-order valence-corrected chi connectivity index (χ2v) is 18.7. The Balaban J connectivity index is 0.000000156. The highest BCUT2D eigenvalue weighted by Gasteiger charge is 2.38. The Kier molecular flexibility index (Phi) is 14.8. The summed E-state index contributed by atoms with van der Waals surface area (Å²) in [6, 6.07) is 20.8. The summed E-state index contributed by atoms with van der Waals surface area (Å²) in [7, 11) is -3.57. The molecule has 2 aliphatic rings. The molecule has 0 saturated carbocycles. The standard InChI is InChI=1S/C22H22F2N8O2.C14H18F2N2O.C9H8N6O3S/c23-22(24)9-2-11-31(13-22)18(33)15-6-4-14(5-7-15)8-10-26-20-28-19(25)32-21(29-20)27-17(30-32)16-3-1-12-34-16;15-14(16)7-1-9-18(10-14)13(19)12-4-2-11(3-5-12)6-8-17;1-19(16,17)9-12-7(10)15-8(13-9)11-6(14-15)5-3-2-4-18-5/h1,3-7,12H,2,8-11,13H2,(H3,25,26,27,28,29,30);2-5H,1,6-10,17H2;2-4H,1H3,(H2,10,11,12,13,14). The van der Waals surface area contributed by atoms with E-state index < -0.39 is 39.9 Å². The molecule has 2 saturated heterocycles. The van der Waals surface area contributed by atoms with Crippen LogP contribution in [0.4, 0.5) is 35.4 Å². The first kappa shape index (κ1) is 50.3. The predicted molar refractivity (Wildman–Crippen MR) is 252 cm³/mol. The van der Waals surface area contributed by atoms with E-state index >= 15 is 0 Å². The molecule has 8 aromatic rings. The first-order valence-corrected chi connectivity index (χ1v) is 24.3.